The Morgan fingerprint density at radius 2 is 1.06 bits per heavy atom. The van der Waals surface area contributed by atoms with Crippen LogP contribution in [0.15, 0.2) is 186 Å². The minimum absolute atomic E-state index is 0.152. The van der Waals surface area contributed by atoms with Gasteiger partial charge in [-0.1, -0.05) is 138 Å². The second-order valence-electron chi connectivity index (χ2n) is 19.1. The Bertz CT molecular complexity index is 5630. The summed E-state index contributed by atoms with van der Waals surface area (Å²) in [6, 6.07) is -25.5. The summed E-state index contributed by atoms with van der Waals surface area (Å²) in [5, 5.41) is -1.85. The molecule has 9 aromatic carbocycles. The number of fused-ring (bicyclic) bond motifs is 12. The van der Waals surface area contributed by atoms with Crippen molar-refractivity contribution in [1.82, 2.24) is 4.57 Å². The van der Waals surface area contributed by atoms with Gasteiger partial charge in [-0.3, -0.25) is 0 Å². The largest absolute Gasteiger partial charge is 0.456 e. The van der Waals surface area contributed by atoms with E-state index < -0.39 is 300 Å². The van der Waals surface area contributed by atoms with E-state index in [0.717, 1.165) is 14.4 Å². The van der Waals surface area contributed by atoms with Gasteiger partial charge in [0.1, 0.15) is 11.2 Å². The monoisotopic (exact) mass is 921 g/mol. The van der Waals surface area contributed by atoms with Crippen LogP contribution in [0.1, 0.15) is 99.4 Å². The number of benzene rings is 9. The van der Waals surface area contributed by atoms with Crippen molar-refractivity contribution in [2.45, 2.75) is 59.3 Å². The fraction of sp³-hybridized carbons (Fsp3) is 0.143. The van der Waals surface area contributed by atoms with Gasteiger partial charge in [-0.15, -0.1) is 0 Å². The third-order valence-corrected chi connectivity index (χ3v) is 12.7. The van der Waals surface area contributed by atoms with Crippen LogP contribution in [-0.2, 0) is 10.8 Å². The minimum Gasteiger partial charge on any atom is -0.456 e. The van der Waals surface area contributed by atoms with Crippen LogP contribution >= 0.6 is 0 Å². The van der Waals surface area contributed by atoms with Crippen molar-refractivity contribution in [3.05, 3.63) is 198 Å². The maximum absolute atomic E-state index is 11.1. The van der Waals surface area contributed by atoms with Crippen molar-refractivity contribution in [1.29, 1.82) is 0 Å². The molecule has 0 unspecified atom stereocenters. The minimum atomic E-state index is -2.05. The van der Waals surface area contributed by atoms with Crippen LogP contribution in [-0.4, -0.2) is 11.3 Å². The molecule has 0 bridgehead atoms. The average molecular weight is 921 g/mol. The molecular weight excluding hydrogens is 840 g/mol. The van der Waals surface area contributed by atoms with E-state index in [0.29, 0.717) is 4.90 Å². The Hall–Kier alpha value is -7.96. The van der Waals surface area contributed by atoms with E-state index in [1.165, 1.54) is 6.92 Å². The highest BCUT2D eigenvalue weighted by Crippen LogP contribution is 2.54. The third kappa shape index (κ3) is 5.66. The summed E-state index contributed by atoms with van der Waals surface area (Å²) in [7, 11) is 0. The molecule has 0 atom stereocenters. The Balaban J connectivity index is 1.28. The second-order valence-corrected chi connectivity index (χ2v) is 19.1. The Morgan fingerprint density at radius 1 is 0.478 bits per heavy atom. The number of hydrogen-bond donors (Lipinski definition) is 0. The SMILES string of the molecule is [2H]c1c([2H])c2c3c(c1[2H])-n1c4c([2H])c([2H])c([2H])c([2H])c4c4c([2H])c([2H])c([2H])c(c41)N3c1c([2H])c(C)c([2H])c3c1B2c1c([2H])c([2H])c(N(c2c([2H])c([2H])c(C(C)(C)C)c([2H])c2[2H])c2c([2H])c([2H])c(C(C)(C)C)c([2H])c2[2H])c([2H])c1N3c1c([2H])c([2H])c([2H])c2oc3c([2H])c([2H])c([2H])c([2H])c3c12. The molecule has 11 aromatic rings. The molecule has 0 N–H and O–H groups in total. The molecule has 5 heterocycles. The van der Waals surface area contributed by atoms with Crippen LogP contribution in [0.4, 0.5) is 51.2 Å². The summed E-state index contributed by atoms with van der Waals surface area (Å²) >= 11 is 0. The molecule has 3 aliphatic heterocycles. The van der Waals surface area contributed by atoms with Gasteiger partial charge < -0.3 is 23.7 Å². The van der Waals surface area contributed by atoms with E-state index in [1.807, 2.05) is 0 Å². The molecule has 69 heavy (non-hydrogen) atoms. The third-order valence-electron chi connectivity index (χ3n) is 12.7. The van der Waals surface area contributed by atoms with Crippen molar-refractivity contribution >= 4 is 118 Å². The summed E-state index contributed by atoms with van der Waals surface area (Å²) in [5.41, 5.74) is -13.3. The van der Waals surface area contributed by atoms with Gasteiger partial charge in [0.2, 0.25) is 0 Å². The topological polar surface area (TPSA) is 27.8 Å². The lowest BCUT2D eigenvalue weighted by molar-refractivity contribution is 0.590. The van der Waals surface area contributed by atoms with E-state index in [-0.39, 0.29) is 33.0 Å². The number of aromatic nitrogens is 1. The molecule has 5 nitrogen and oxygen atoms in total. The Kier molecular flexibility index (Phi) is 4.14. The van der Waals surface area contributed by atoms with Crippen LogP contribution < -0.4 is 31.1 Å². The van der Waals surface area contributed by atoms with E-state index in [1.54, 1.807) is 41.5 Å². The van der Waals surface area contributed by atoms with Gasteiger partial charge in [0.15, 0.2) is 0 Å². The summed E-state index contributed by atoms with van der Waals surface area (Å²) in [4.78, 5) is 2.65. The molecule has 0 saturated heterocycles. The van der Waals surface area contributed by atoms with E-state index in [2.05, 4.69) is 0 Å². The number of hydrogen-bond acceptors (Lipinski definition) is 4. The molecule has 0 fully saturated rings. The molecule has 0 amide bonds. The zero-order valence-electron chi connectivity index (χ0n) is 67.8. The molecule has 0 spiro atoms. The van der Waals surface area contributed by atoms with Crippen LogP contribution in [0.25, 0.3) is 49.4 Å². The average Bonchev–Trinajstić information content (AvgIpc) is 1.65. The molecule has 0 radical (unpaired) electrons. The summed E-state index contributed by atoms with van der Waals surface area (Å²) < 4.78 is 298. The Labute approximate surface area is 445 Å². The standard InChI is InChI=1S/C63H51BN4O/c1-38-35-54-59-55(36-38)68-51-21-12-17-45-44-15-8-10-19-49(44)67(60(45)51)52-22-13-18-48(61(52)68)64(59)47-34-33-43(37-53(47)66(54)50-20-14-24-57-58(50)46-16-9-11-23-56(46)69-57)65(41-29-25-39(26-30-41)62(2,3)4)42-31-27-40(28-32-42)63(5,6)7/h8-37H,1-7H3/i8D,9D,10D,11D,12D,13D,14D,15D,16D,17D,18D,19D,20D,21D,22D,23D,24D,25D,26D,27D,28D,29D,30D,31D,32D,33D,34D,35D,36D,37D. The molecule has 3 aliphatic rings. The molecule has 6 heteroatoms. The number of para-hydroxylation sites is 4. The number of anilines is 9. The van der Waals surface area contributed by atoms with Gasteiger partial charge in [-0.25, -0.2) is 0 Å². The van der Waals surface area contributed by atoms with Gasteiger partial charge in [0.25, 0.3) is 6.71 Å². The maximum atomic E-state index is 11.1. The van der Waals surface area contributed by atoms with E-state index in [9.17, 15) is 34.3 Å². The summed E-state index contributed by atoms with van der Waals surface area (Å²) in [5.74, 6) is 0. The highest BCUT2D eigenvalue weighted by Gasteiger charge is 2.46. The number of rotatable bonds is 4. The van der Waals surface area contributed by atoms with Crippen molar-refractivity contribution in [2.24, 2.45) is 0 Å². The van der Waals surface area contributed by atoms with Crippen LogP contribution in [0.3, 0.4) is 0 Å². The smallest absolute Gasteiger partial charge is 0.252 e. The zero-order valence-corrected chi connectivity index (χ0v) is 37.8. The molecule has 0 aliphatic carbocycles. The lowest BCUT2D eigenvalue weighted by Gasteiger charge is -2.46. The van der Waals surface area contributed by atoms with Crippen molar-refractivity contribution in [3.63, 3.8) is 0 Å². The van der Waals surface area contributed by atoms with Gasteiger partial charge >= 0.3 is 0 Å². The molecular formula is C63H51BN4O. The predicted octanol–water partition coefficient (Wildman–Crippen LogP) is 15.5. The van der Waals surface area contributed by atoms with Crippen LogP contribution in [0, 0.1) is 6.92 Å². The quantitative estimate of drug-likeness (QED) is 0.164. The van der Waals surface area contributed by atoms with Gasteiger partial charge in [-0.2, -0.15) is 0 Å². The summed E-state index contributed by atoms with van der Waals surface area (Å²) in [6.45, 7) is 8.85. The van der Waals surface area contributed by atoms with Crippen molar-refractivity contribution in [2.75, 3.05) is 14.7 Å². The number of nitrogens with zero attached hydrogens (tertiary/aromatic N) is 4. The van der Waals surface area contributed by atoms with E-state index in [4.69, 9.17) is 11.3 Å². The van der Waals surface area contributed by atoms with Gasteiger partial charge in [0.05, 0.1) is 80.3 Å². The highest BCUT2D eigenvalue weighted by molar-refractivity contribution is 7.00. The Morgan fingerprint density at radius 3 is 1.78 bits per heavy atom. The van der Waals surface area contributed by atoms with Crippen LogP contribution in [0.5, 0.6) is 0 Å². The zero-order chi connectivity index (χ0) is 72.8. The normalized spacial score (nSPS) is 19.7. The fourth-order valence-electron chi connectivity index (χ4n) is 9.63. The van der Waals surface area contributed by atoms with Crippen molar-refractivity contribution < 1.29 is 45.5 Å². The first-order valence-electron chi connectivity index (χ1n) is 37.0. The first-order valence-corrected chi connectivity index (χ1v) is 22.0. The first kappa shape index (κ1) is 20.3. The van der Waals surface area contributed by atoms with Crippen molar-refractivity contribution in [3.8, 4) is 5.69 Å². The van der Waals surface area contributed by atoms with Gasteiger partial charge in [-0.05, 0) is 135 Å². The predicted molar refractivity (Wildman–Crippen MR) is 292 cm³/mol. The lowest BCUT2D eigenvalue weighted by Crippen LogP contribution is -2.61. The van der Waals surface area contributed by atoms with Gasteiger partial charge in [0, 0.05) is 50.3 Å². The second kappa shape index (κ2) is 14.1. The lowest BCUT2D eigenvalue weighted by atomic mass is 9.33. The molecule has 332 valence electrons. The molecule has 14 rings (SSSR count). The number of furan rings is 1. The van der Waals surface area contributed by atoms with E-state index >= 15 is 0 Å². The highest BCUT2D eigenvalue weighted by atomic mass is 16.3. The summed E-state index contributed by atoms with van der Waals surface area (Å²) in [6.07, 6.45) is 0. The first-order chi connectivity index (χ1) is 46.0. The molecule has 2 aromatic heterocycles. The molecule has 0 saturated carbocycles. The van der Waals surface area contributed by atoms with Crippen LogP contribution in [0.2, 0.25) is 0 Å². The maximum Gasteiger partial charge on any atom is 0.252 e. The fourth-order valence-corrected chi connectivity index (χ4v) is 9.63.